The first kappa shape index (κ1) is 28.1. The summed E-state index contributed by atoms with van der Waals surface area (Å²) in [5.41, 5.74) is 13.8. The van der Waals surface area contributed by atoms with Gasteiger partial charge >= 0.3 is 0 Å². The second-order valence-electron chi connectivity index (χ2n) is 12.2. The van der Waals surface area contributed by atoms with Crippen molar-refractivity contribution < 1.29 is 0 Å². The van der Waals surface area contributed by atoms with Gasteiger partial charge in [-0.25, -0.2) is 0 Å². The molecule has 0 unspecified atom stereocenters. The Bertz CT molecular complexity index is 1760. The fourth-order valence-corrected chi connectivity index (χ4v) is 9.07. The van der Waals surface area contributed by atoms with Crippen LogP contribution < -0.4 is 0 Å². The number of thiophene rings is 2. The molecule has 0 saturated carbocycles. The van der Waals surface area contributed by atoms with Crippen LogP contribution in [0.15, 0.2) is 109 Å². The molecule has 2 aromatic heterocycles. The van der Waals surface area contributed by atoms with E-state index in [1.807, 2.05) is 22.7 Å². The summed E-state index contributed by atoms with van der Waals surface area (Å²) in [6.07, 6.45) is 4.68. The van der Waals surface area contributed by atoms with Crippen LogP contribution in [0.2, 0.25) is 0 Å². The van der Waals surface area contributed by atoms with Crippen LogP contribution >= 0.6 is 22.7 Å². The summed E-state index contributed by atoms with van der Waals surface area (Å²) < 4.78 is 0. The number of rotatable bonds is 8. The van der Waals surface area contributed by atoms with Gasteiger partial charge < -0.3 is 0 Å². The van der Waals surface area contributed by atoms with Crippen LogP contribution in [0.4, 0.5) is 0 Å². The van der Waals surface area contributed by atoms with Crippen LogP contribution in [0.5, 0.6) is 0 Å². The molecule has 0 atom stereocenters. The topological polar surface area (TPSA) is 0 Å². The summed E-state index contributed by atoms with van der Waals surface area (Å²) in [5, 5.41) is 0. The van der Waals surface area contributed by atoms with Crippen molar-refractivity contribution in [1.29, 1.82) is 0 Å². The maximum atomic E-state index is 2.53. The van der Waals surface area contributed by atoms with Crippen molar-refractivity contribution in [3.05, 3.63) is 131 Å². The van der Waals surface area contributed by atoms with Crippen molar-refractivity contribution >= 4 is 22.7 Å². The number of fused-ring (bicyclic) bond motifs is 3. The van der Waals surface area contributed by atoms with E-state index in [9.17, 15) is 0 Å². The fraction of sp³-hybridized carbons (Fsp3) is 0.220. The molecule has 214 valence electrons. The highest BCUT2D eigenvalue weighted by molar-refractivity contribution is 7.19. The number of hydrogen-bond donors (Lipinski definition) is 0. The Hall–Kier alpha value is -3.72. The lowest BCUT2D eigenvalue weighted by atomic mass is 9.71. The molecule has 0 amide bonds. The van der Waals surface area contributed by atoms with E-state index in [4.69, 9.17) is 0 Å². The van der Waals surface area contributed by atoms with E-state index in [0.717, 1.165) is 0 Å². The smallest absolute Gasteiger partial charge is 0.0349 e. The molecule has 0 aliphatic heterocycles. The minimum atomic E-state index is 0.0499. The lowest BCUT2D eigenvalue weighted by Gasteiger charge is -2.32. The molecule has 0 saturated heterocycles. The summed E-state index contributed by atoms with van der Waals surface area (Å²) in [5.74, 6) is 0. The molecular weight excluding hydrogens is 557 g/mol. The standard InChI is InChI=1S/C41H38S2/c1-5-23-41(24-6-2)35-25-31(39-21-19-37(42-39)29-11-7-27(3)8-12-29)15-17-33(35)34-18-16-32(26-36(34)41)40-22-20-38(43-40)30-13-9-28(4)10-14-30/h7-22,25-26H,5-6,23-24H2,1-4H3. The third-order valence-corrected chi connectivity index (χ3v) is 11.5. The van der Waals surface area contributed by atoms with Crippen molar-refractivity contribution in [2.45, 2.75) is 58.8 Å². The van der Waals surface area contributed by atoms with Crippen LogP contribution in [-0.4, -0.2) is 0 Å². The SMILES string of the molecule is CCCC1(CCC)c2cc(-c3ccc(-c4ccc(C)cc4)s3)ccc2-c2ccc(-c3ccc(-c4ccc(C)cc4)s3)cc21. The minimum absolute atomic E-state index is 0.0499. The van der Waals surface area contributed by atoms with E-state index in [1.54, 1.807) is 0 Å². The van der Waals surface area contributed by atoms with E-state index >= 15 is 0 Å². The van der Waals surface area contributed by atoms with Crippen LogP contribution in [-0.2, 0) is 5.41 Å². The molecule has 43 heavy (non-hydrogen) atoms. The molecule has 0 bridgehead atoms. The van der Waals surface area contributed by atoms with E-state index < -0.39 is 0 Å². The first-order valence-electron chi connectivity index (χ1n) is 15.6. The summed E-state index contributed by atoms with van der Waals surface area (Å²) in [7, 11) is 0. The highest BCUT2D eigenvalue weighted by Gasteiger charge is 2.42. The van der Waals surface area contributed by atoms with Crippen molar-refractivity contribution in [2.75, 3.05) is 0 Å². The molecule has 0 nitrogen and oxygen atoms in total. The van der Waals surface area contributed by atoms with Gasteiger partial charge in [0, 0.05) is 24.9 Å². The van der Waals surface area contributed by atoms with Crippen LogP contribution in [0, 0.1) is 13.8 Å². The zero-order valence-corrected chi connectivity index (χ0v) is 27.2. The normalized spacial score (nSPS) is 13.2. The van der Waals surface area contributed by atoms with Crippen molar-refractivity contribution in [2.24, 2.45) is 0 Å². The summed E-state index contributed by atoms with van der Waals surface area (Å²) in [6.45, 7) is 9.00. The molecule has 0 spiro atoms. The van der Waals surface area contributed by atoms with Gasteiger partial charge in [0.1, 0.15) is 0 Å². The number of benzene rings is 4. The molecule has 1 aliphatic rings. The van der Waals surface area contributed by atoms with Gasteiger partial charge in [-0.2, -0.15) is 0 Å². The Morgan fingerprint density at radius 2 is 0.791 bits per heavy atom. The molecule has 7 rings (SSSR count). The Kier molecular flexibility index (Phi) is 7.45. The predicted molar refractivity (Wildman–Crippen MR) is 189 cm³/mol. The van der Waals surface area contributed by atoms with Gasteiger partial charge in [0.2, 0.25) is 0 Å². The van der Waals surface area contributed by atoms with Crippen LogP contribution in [0.1, 0.15) is 61.8 Å². The second-order valence-corrected chi connectivity index (χ2v) is 14.3. The molecule has 0 fully saturated rings. The quantitative estimate of drug-likeness (QED) is 0.164. The van der Waals surface area contributed by atoms with Crippen LogP contribution in [0.3, 0.4) is 0 Å². The maximum absolute atomic E-state index is 2.53. The Morgan fingerprint density at radius 1 is 0.442 bits per heavy atom. The highest BCUT2D eigenvalue weighted by atomic mass is 32.1. The molecule has 2 heteroatoms. The third kappa shape index (κ3) is 5.01. The summed E-state index contributed by atoms with van der Waals surface area (Å²) in [4.78, 5) is 5.36. The number of aryl methyl sites for hydroxylation is 2. The Labute approximate surface area is 264 Å². The summed E-state index contributed by atoms with van der Waals surface area (Å²) in [6, 6.07) is 41.6. The van der Waals surface area contributed by atoms with Gasteiger partial charge in [-0.05, 0) is 108 Å². The Balaban J connectivity index is 1.29. The van der Waals surface area contributed by atoms with Gasteiger partial charge in [-0.3, -0.25) is 0 Å². The third-order valence-electron chi connectivity index (χ3n) is 9.17. The first-order chi connectivity index (χ1) is 21.0. The average molecular weight is 595 g/mol. The second kappa shape index (κ2) is 11.4. The zero-order valence-electron chi connectivity index (χ0n) is 25.5. The van der Waals surface area contributed by atoms with E-state index in [2.05, 4.69) is 137 Å². The van der Waals surface area contributed by atoms with Gasteiger partial charge in [0.25, 0.3) is 0 Å². The van der Waals surface area contributed by atoms with Crippen molar-refractivity contribution in [3.63, 3.8) is 0 Å². The lowest BCUT2D eigenvalue weighted by molar-refractivity contribution is 0.436. The summed E-state index contributed by atoms with van der Waals surface area (Å²) >= 11 is 3.81. The minimum Gasteiger partial charge on any atom is -0.135 e. The van der Waals surface area contributed by atoms with Gasteiger partial charge in [-0.15, -0.1) is 22.7 Å². The van der Waals surface area contributed by atoms with Crippen molar-refractivity contribution in [1.82, 2.24) is 0 Å². The monoisotopic (exact) mass is 594 g/mol. The Morgan fingerprint density at radius 3 is 1.16 bits per heavy atom. The molecule has 6 aromatic rings. The maximum Gasteiger partial charge on any atom is 0.0349 e. The van der Waals surface area contributed by atoms with Crippen LogP contribution in [0.25, 0.3) is 52.9 Å². The fourth-order valence-electron chi connectivity index (χ4n) is 7.05. The zero-order chi connectivity index (χ0) is 29.6. The van der Waals surface area contributed by atoms with Gasteiger partial charge in [0.05, 0.1) is 0 Å². The molecule has 1 aliphatic carbocycles. The van der Waals surface area contributed by atoms with Crippen molar-refractivity contribution in [3.8, 4) is 52.9 Å². The average Bonchev–Trinajstić information content (AvgIpc) is 3.77. The largest absolute Gasteiger partial charge is 0.135 e. The number of hydrogen-bond acceptors (Lipinski definition) is 2. The van der Waals surface area contributed by atoms with E-state index in [0.29, 0.717) is 0 Å². The first-order valence-corrected chi connectivity index (χ1v) is 17.3. The molecular formula is C41H38S2. The van der Waals surface area contributed by atoms with Gasteiger partial charge in [0.15, 0.2) is 0 Å². The highest BCUT2D eigenvalue weighted by Crippen LogP contribution is 2.56. The predicted octanol–water partition coefficient (Wildman–Crippen LogP) is 13.0. The van der Waals surface area contributed by atoms with E-state index in [1.165, 1.54) is 101 Å². The molecule has 4 aromatic carbocycles. The molecule has 0 radical (unpaired) electrons. The van der Waals surface area contributed by atoms with E-state index in [-0.39, 0.29) is 5.41 Å². The molecule has 0 N–H and O–H groups in total. The molecule has 2 heterocycles. The lowest BCUT2D eigenvalue weighted by Crippen LogP contribution is -2.25. The van der Waals surface area contributed by atoms with Gasteiger partial charge in [-0.1, -0.05) is 111 Å².